The summed E-state index contributed by atoms with van der Waals surface area (Å²) in [6.07, 6.45) is 4.24. The highest BCUT2D eigenvalue weighted by Gasteiger charge is 2.32. The first-order valence-corrected chi connectivity index (χ1v) is 9.37. The van der Waals surface area contributed by atoms with E-state index in [-0.39, 0.29) is 18.0 Å². The van der Waals surface area contributed by atoms with Crippen LogP contribution in [-0.4, -0.2) is 43.6 Å². The van der Waals surface area contributed by atoms with Gasteiger partial charge >= 0.3 is 0 Å². The van der Waals surface area contributed by atoms with Gasteiger partial charge in [-0.15, -0.1) is 0 Å². The number of aryl methyl sites for hydroxylation is 1. The van der Waals surface area contributed by atoms with Crippen molar-refractivity contribution in [2.45, 2.75) is 52.1 Å². The van der Waals surface area contributed by atoms with Crippen LogP contribution in [0.3, 0.4) is 0 Å². The second-order valence-electron chi connectivity index (χ2n) is 7.28. The molecule has 0 radical (unpaired) electrons. The number of nitrogens with zero attached hydrogens (tertiary/aromatic N) is 4. The maximum atomic E-state index is 13.0. The van der Waals surface area contributed by atoms with E-state index in [0.717, 1.165) is 41.8 Å². The van der Waals surface area contributed by atoms with Crippen molar-refractivity contribution in [1.29, 1.82) is 0 Å². The minimum absolute atomic E-state index is 0.0787. The molecule has 1 aliphatic heterocycles. The zero-order valence-corrected chi connectivity index (χ0v) is 15.8. The van der Waals surface area contributed by atoms with Crippen molar-refractivity contribution < 1.29 is 9.21 Å². The number of pyridine rings is 1. The zero-order valence-electron chi connectivity index (χ0n) is 15.8. The van der Waals surface area contributed by atoms with Gasteiger partial charge in [-0.3, -0.25) is 9.89 Å². The number of aromatic nitrogens is 4. The molecular weight excluding hydrogens is 344 g/mol. The predicted molar refractivity (Wildman–Crippen MR) is 102 cm³/mol. The van der Waals surface area contributed by atoms with Crippen molar-refractivity contribution in [3.8, 4) is 0 Å². The third-order valence-corrected chi connectivity index (χ3v) is 4.92. The van der Waals surface area contributed by atoms with Crippen LogP contribution in [-0.2, 0) is 0 Å². The Morgan fingerprint density at radius 3 is 2.96 bits per heavy atom. The predicted octanol–water partition coefficient (Wildman–Crippen LogP) is 3.44. The molecule has 1 aliphatic rings. The summed E-state index contributed by atoms with van der Waals surface area (Å²) >= 11 is 0. The van der Waals surface area contributed by atoms with E-state index in [9.17, 15) is 4.79 Å². The second-order valence-corrected chi connectivity index (χ2v) is 7.28. The number of oxazole rings is 1. The Bertz CT molecular complexity index is 960. The second kappa shape index (κ2) is 7.02. The maximum Gasteiger partial charge on any atom is 0.292 e. The number of anilines is 1. The molecule has 27 heavy (non-hydrogen) atoms. The molecule has 1 amide bonds. The summed E-state index contributed by atoms with van der Waals surface area (Å²) in [5.74, 6) is 0.990. The molecule has 3 aromatic rings. The molecule has 0 aliphatic carbocycles. The van der Waals surface area contributed by atoms with Gasteiger partial charge < -0.3 is 14.6 Å². The largest absolute Gasteiger partial charge is 0.438 e. The van der Waals surface area contributed by atoms with Crippen LogP contribution in [0.1, 0.15) is 61.1 Å². The highest BCUT2D eigenvalue weighted by Crippen LogP contribution is 2.33. The lowest BCUT2D eigenvalue weighted by Gasteiger charge is -2.34. The van der Waals surface area contributed by atoms with Crippen LogP contribution >= 0.6 is 0 Å². The fourth-order valence-corrected chi connectivity index (χ4v) is 3.61. The minimum atomic E-state index is -0.122. The summed E-state index contributed by atoms with van der Waals surface area (Å²) in [4.78, 5) is 23.7. The molecule has 0 spiro atoms. The molecule has 0 unspecified atom stereocenters. The van der Waals surface area contributed by atoms with Crippen LogP contribution in [0, 0.1) is 6.92 Å². The fourth-order valence-electron chi connectivity index (χ4n) is 3.61. The van der Waals surface area contributed by atoms with Gasteiger partial charge in [0.25, 0.3) is 5.91 Å². The van der Waals surface area contributed by atoms with Gasteiger partial charge in [0, 0.05) is 12.6 Å². The van der Waals surface area contributed by atoms with Gasteiger partial charge in [0.2, 0.25) is 5.76 Å². The van der Waals surface area contributed by atoms with Gasteiger partial charge in [-0.25, -0.2) is 9.97 Å². The Balaban J connectivity index is 1.65. The maximum absolute atomic E-state index is 13.0. The van der Waals surface area contributed by atoms with Crippen molar-refractivity contribution in [1.82, 2.24) is 25.1 Å². The smallest absolute Gasteiger partial charge is 0.292 e. The highest BCUT2D eigenvalue weighted by molar-refractivity contribution is 5.93. The number of amides is 1. The number of fused-ring (bicyclic) bond motifs is 1. The molecule has 3 aromatic heterocycles. The molecule has 8 heteroatoms. The Hall–Kier alpha value is -2.90. The number of carbonyl (C=O) groups excluding carboxylic acids is 1. The molecule has 0 bridgehead atoms. The van der Waals surface area contributed by atoms with Crippen LogP contribution in [0.15, 0.2) is 22.9 Å². The molecule has 1 saturated heterocycles. The van der Waals surface area contributed by atoms with E-state index in [1.165, 1.54) is 6.39 Å². The van der Waals surface area contributed by atoms with E-state index in [1.807, 2.05) is 17.0 Å². The van der Waals surface area contributed by atoms with Crippen molar-refractivity contribution in [2.75, 3.05) is 11.9 Å². The van der Waals surface area contributed by atoms with E-state index in [2.05, 4.69) is 34.3 Å². The molecule has 8 nitrogen and oxygen atoms in total. The number of nitrogens with one attached hydrogen (secondary N) is 2. The monoisotopic (exact) mass is 368 g/mol. The van der Waals surface area contributed by atoms with Gasteiger partial charge in [-0.05, 0) is 52.2 Å². The van der Waals surface area contributed by atoms with Gasteiger partial charge in [0.1, 0.15) is 0 Å². The number of aromatic amines is 1. The van der Waals surface area contributed by atoms with Crippen molar-refractivity contribution in [3.63, 3.8) is 0 Å². The molecule has 2 N–H and O–H groups in total. The number of H-pyrrole nitrogens is 1. The average molecular weight is 368 g/mol. The Morgan fingerprint density at radius 1 is 1.37 bits per heavy atom. The normalized spacial score (nSPS) is 17.6. The van der Waals surface area contributed by atoms with E-state index in [0.29, 0.717) is 18.0 Å². The van der Waals surface area contributed by atoms with Crippen LogP contribution < -0.4 is 5.32 Å². The molecule has 4 rings (SSSR count). The van der Waals surface area contributed by atoms with Crippen LogP contribution in [0.5, 0.6) is 0 Å². The lowest BCUT2D eigenvalue weighted by atomic mass is 9.98. The molecular formula is C19H24N6O2. The number of rotatable bonds is 4. The van der Waals surface area contributed by atoms with E-state index >= 15 is 0 Å². The molecule has 0 saturated carbocycles. The third kappa shape index (κ3) is 3.27. The third-order valence-electron chi connectivity index (χ3n) is 4.92. The summed E-state index contributed by atoms with van der Waals surface area (Å²) < 4.78 is 5.33. The Kier molecular flexibility index (Phi) is 4.55. The quantitative estimate of drug-likeness (QED) is 0.732. The highest BCUT2D eigenvalue weighted by atomic mass is 16.3. The summed E-state index contributed by atoms with van der Waals surface area (Å²) in [5, 5.41) is 11.6. The number of carbonyl (C=O) groups is 1. The first-order valence-electron chi connectivity index (χ1n) is 9.37. The number of likely N-dealkylation sites (tertiary alicyclic amines) is 1. The summed E-state index contributed by atoms with van der Waals surface area (Å²) in [6, 6.07) is 4.22. The van der Waals surface area contributed by atoms with E-state index in [4.69, 9.17) is 9.40 Å². The molecule has 4 heterocycles. The Morgan fingerprint density at radius 2 is 2.22 bits per heavy atom. The van der Waals surface area contributed by atoms with Crippen molar-refractivity contribution >= 4 is 22.8 Å². The number of piperidine rings is 1. The van der Waals surface area contributed by atoms with E-state index < -0.39 is 0 Å². The van der Waals surface area contributed by atoms with Gasteiger partial charge in [0.15, 0.2) is 17.9 Å². The molecule has 0 aromatic carbocycles. The van der Waals surface area contributed by atoms with Crippen LogP contribution in [0.2, 0.25) is 0 Å². The van der Waals surface area contributed by atoms with Crippen molar-refractivity contribution in [3.05, 3.63) is 35.7 Å². The standard InChI is InChI=1S/C19H24N6O2/c1-11(2)21-17-13-7-8-14(22-18(13)24-23-17)15-6-4-5-9-25(15)19(26)16-12(3)20-10-27-16/h7-8,10-11,15H,4-6,9H2,1-3H3,(H2,21,22,23,24)/t15-/m1/s1. The summed E-state index contributed by atoms with van der Waals surface area (Å²) in [7, 11) is 0. The molecule has 1 fully saturated rings. The van der Waals surface area contributed by atoms with E-state index in [1.54, 1.807) is 6.92 Å². The van der Waals surface area contributed by atoms with Gasteiger partial charge in [-0.1, -0.05) is 0 Å². The lowest BCUT2D eigenvalue weighted by Crippen LogP contribution is -2.39. The first kappa shape index (κ1) is 17.5. The average Bonchev–Trinajstić information content (AvgIpc) is 3.26. The topological polar surface area (TPSA) is 99.9 Å². The zero-order chi connectivity index (χ0) is 19.0. The first-order chi connectivity index (χ1) is 13.0. The summed E-state index contributed by atoms with van der Waals surface area (Å²) in [5.41, 5.74) is 2.21. The molecule has 142 valence electrons. The van der Waals surface area contributed by atoms with Gasteiger partial charge in [0.05, 0.1) is 22.8 Å². The Labute approximate surface area is 157 Å². The number of hydrogen-bond acceptors (Lipinski definition) is 6. The van der Waals surface area contributed by atoms with Gasteiger partial charge in [-0.2, -0.15) is 5.10 Å². The summed E-state index contributed by atoms with van der Waals surface area (Å²) in [6.45, 7) is 6.61. The van der Waals surface area contributed by atoms with Crippen LogP contribution in [0.25, 0.3) is 11.0 Å². The minimum Gasteiger partial charge on any atom is -0.438 e. The lowest BCUT2D eigenvalue weighted by molar-refractivity contribution is 0.0572. The molecule has 1 atom stereocenters. The SMILES string of the molecule is Cc1ncoc1C(=O)N1CCCC[C@@H]1c1ccc2c(NC(C)C)n[nH]c2n1. The van der Waals surface area contributed by atoms with Crippen molar-refractivity contribution in [2.24, 2.45) is 0 Å². The number of hydrogen-bond donors (Lipinski definition) is 2. The fraction of sp³-hybridized carbons (Fsp3) is 0.474. The van der Waals surface area contributed by atoms with Crippen LogP contribution in [0.4, 0.5) is 5.82 Å².